The highest BCUT2D eigenvalue weighted by atomic mass is 35.5. The molecule has 3 aromatic rings. The standard InChI is InChI=1S/C21H20ClN3O3/c22-18-6-1-2-7-19(18)28-17-8-11-25(12-9-17)21(26)24-16-5-3-4-15(14-16)20-23-10-13-27-20/h1-7,10,13-14,17H,8-9,11-12H2,(H,24,26). The lowest BCUT2D eigenvalue weighted by atomic mass is 10.1. The first kappa shape index (κ1) is 18.4. The Balaban J connectivity index is 1.32. The Morgan fingerprint density at radius 1 is 1.18 bits per heavy atom. The van der Waals surface area contributed by atoms with Crippen LogP contribution in [0.2, 0.25) is 5.02 Å². The van der Waals surface area contributed by atoms with Gasteiger partial charge >= 0.3 is 6.03 Å². The molecule has 144 valence electrons. The van der Waals surface area contributed by atoms with Crippen molar-refractivity contribution in [1.29, 1.82) is 0 Å². The molecule has 4 rings (SSSR count). The minimum Gasteiger partial charge on any atom is -0.489 e. The maximum Gasteiger partial charge on any atom is 0.321 e. The first-order chi connectivity index (χ1) is 13.7. The number of nitrogens with zero attached hydrogens (tertiary/aromatic N) is 2. The summed E-state index contributed by atoms with van der Waals surface area (Å²) in [6, 6.07) is 14.8. The summed E-state index contributed by atoms with van der Waals surface area (Å²) in [7, 11) is 0. The lowest BCUT2D eigenvalue weighted by Crippen LogP contribution is -2.43. The van der Waals surface area contributed by atoms with Crippen LogP contribution in [-0.2, 0) is 0 Å². The highest BCUT2D eigenvalue weighted by Crippen LogP contribution is 2.27. The Kier molecular flexibility index (Phi) is 5.48. The number of oxazole rings is 1. The van der Waals surface area contributed by atoms with Crippen LogP contribution in [0.1, 0.15) is 12.8 Å². The minimum atomic E-state index is -0.124. The second kappa shape index (κ2) is 8.35. The van der Waals surface area contributed by atoms with Gasteiger partial charge in [-0.1, -0.05) is 29.8 Å². The number of aromatic nitrogens is 1. The Labute approximate surface area is 168 Å². The largest absolute Gasteiger partial charge is 0.489 e. The lowest BCUT2D eigenvalue weighted by molar-refractivity contribution is 0.115. The van der Waals surface area contributed by atoms with E-state index in [0.717, 1.165) is 18.4 Å². The van der Waals surface area contributed by atoms with E-state index in [-0.39, 0.29) is 12.1 Å². The van der Waals surface area contributed by atoms with Gasteiger partial charge in [-0.25, -0.2) is 9.78 Å². The molecule has 2 heterocycles. The van der Waals surface area contributed by atoms with Gasteiger partial charge in [-0.15, -0.1) is 0 Å². The number of likely N-dealkylation sites (tertiary alicyclic amines) is 1. The number of hydrogen-bond donors (Lipinski definition) is 1. The van der Waals surface area contributed by atoms with Crippen LogP contribution in [0.15, 0.2) is 65.4 Å². The molecule has 7 heteroatoms. The van der Waals surface area contributed by atoms with E-state index >= 15 is 0 Å². The topological polar surface area (TPSA) is 67.6 Å². The van der Waals surface area contributed by atoms with Crippen LogP contribution in [0.3, 0.4) is 0 Å². The fourth-order valence-electron chi connectivity index (χ4n) is 3.20. The number of hydrogen-bond acceptors (Lipinski definition) is 4. The van der Waals surface area contributed by atoms with E-state index in [4.69, 9.17) is 20.8 Å². The number of halogens is 1. The minimum absolute atomic E-state index is 0.0531. The fourth-order valence-corrected chi connectivity index (χ4v) is 3.38. The first-order valence-corrected chi connectivity index (χ1v) is 9.54. The normalized spacial score (nSPS) is 14.7. The molecule has 28 heavy (non-hydrogen) atoms. The molecular weight excluding hydrogens is 378 g/mol. The zero-order chi connectivity index (χ0) is 19.3. The molecule has 2 aromatic carbocycles. The van der Waals surface area contributed by atoms with Gasteiger partial charge in [0.1, 0.15) is 18.1 Å². The van der Waals surface area contributed by atoms with Crippen molar-refractivity contribution < 1.29 is 13.9 Å². The van der Waals surface area contributed by atoms with Gasteiger partial charge in [0.05, 0.1) is 11.2 Å². The third-order valence-corrected chi connectivity index (χ3v) is 4.96. The molecule has 6 nitrogen and oxygen atoms in total. The lowest BCUT2D eigenvalue weighted by Gasteiger charge is -2.32. The van der Waals surface area contributed by atoms with Crippen LogP contribution in [0.5, 0.6) is 5.75 Å². The number of piperidine rings is 1. The van der Waals surface area contributed by atoms with Crippen molar-refractivity contribution in [3.8, 4) is 17.2 Å². The van der Waals surface area contributed by atoms with Crippen molar-refractivity contribution in [2.45, 2.75) is 18.9 Å². The molecule has 1 saturated heterocycles. The highest BCUT2D eigenvalue weighted by Gasteiger charge is 2.24. The molecule has 0 aliphatic carbocycles. The number of para-hydroxylation sites is 1. The van der Waals surface area contributed by atoms with Crippen molar-refractivity contribution in [3.63, 3.8) is 0 Å². The summed E-state index contributed by atoms with van der Waals surface area (Å²) in [5, 5.41) is 3.55. The van der Waals surface area contributed by atoms with Crippen LogP contribution < -0.4 is 10.1 Å². The van der Waals surface area contributed by atoms with E-state index in [0.29, 0.717) is 35.4 Å². The second-order valence-corrected chi connectivity index (χ2v) is 6.99. The quantitative estimate of drug-likeness (QED) is 0.667. The van der Waals surface area contributed by atoms with Crippen LogP contribution in [0, 0.1) is 0 Å². The van der Waals surface area contributed by atoms with Crippen LogP contribution in [0.25, 0.3) is 11.5 Å². The van der Waals surface area contributed by atoms with Gasteiger partial charge < -0.3 is 19.4 Å². The monoisotopic (exact) mass is 397 g/mol. The molecule has 1 aliphatic rings. The van der Waals surface area contributed by atoms with E-state index in [9.17, 15) is 4.79 Å². The van der Waals surface area contributed by atoms with Gasteiger partial charge in [0, 0.05) is 37.2 Å². The zero-order valence-electron chi connectivity index (χ0n) is 15.2. The predicted octanol–water partition coefficient (Wildman–Crippen LogP) is 5.07. The number of amides is 2. The molecule has 0 spiro atoms. The van der Waals surface area contributed by atoms with E-state index in [1.54, 1.807) is 11.1 Å². The maximum absolute atomic E-state index is 12.6. The van der Waals surface area contributed by atoms with Crippen LogP contribution in [0.4, 0.5) is 10.5 Å². The van der Waals surface area contributed by atoms with Gasteiger partial charge in [0.25, 0.3) is 0 Å². The predicted molar refractivity (Wildman–Crippen MR) is 108 cm³/mol. The molecule has 0 saturated carbocycles. The van der Waals surface area contributed by atoms with Gasteiger partial charge in [0.15, 0.2) is 0 Å². The van der Waals surface area contributed by atoms with Crippen LogP contribution in [-0.4, -0.2) is 35.1 Å². The number of nitrogens with one attached hydrogen (secondary N) is 1. The van der Waals surface area contributed by atoms with Gasteiger partial charge in [-0.05, 0) is 30.3 Å². The van der Waals surface area contributed by atoms with E-state index in [2.05, 4.69) is 10.3 Å². The summed E-state index contributed by atoms with van der Waals surface area (Å²) >= 11 is 6.15. The Morgan fingerprint density at radius 3 is 2.75 bits per heavy atom. The Hall–Kier alpha value is -2.99. The number of rotatable bonds is 4. The summed E-state index contributed by atoms with van der Waals surface area (Å²) in [5.74, 6) is 1.21. The Morgan fingerprint density at radius 2 is 2.00 bits per heavy atom. The van der Waals surface area contributed by atoms with Crippen molar-refractivity contribution in [2.24, 2.45) is 0 Å². The number of anilines is 1. The fraction of sp³-hybridized carbons (Fsp3) is 0.238. The molecule has 0 radical (unpaired) electrons. The summed E-state index contributed by atoms with van der Waals surface area (Å²) in [6.07, 6.45) is 4.69. The van der Waals surface area contributed by atoms with Crippen molar-refractivity contribution in [3.05, 3.63) is 66.0 Å². The molecule has 1 aromatic heterocycles. The van der Waals surface area contributed by atoms with E-state index < -0.39 is 0 Å². The summed E-state index contributed by atoms with van der Waals surface area (Å²) in [4.78, 5) is 18.5. The second-order valence-electron chi connectivity index (χ2n) is 6.58. The molecule has 0 bridgehead atoms. The van der Waals surface area contributed by atoms with Gasteiger partial charge in [-0.2, -0.15) is 0 Å². The van der Waals surface area contributed by atoms with Crippen molar-refractivity contribution in [2.75, 3.05) is 18.4 Å². The summed E-state index contributed by atoms with van der Waals surface area (Å²) in [6.45, 7) is 1.25. The summed E-state index contributed by atoms with van der Waals surface area (Å²) in [5.41, 5.74) is 1.52. The molecule has 0 atom stereocenters. The smallest absolute Gasteiger partial charge is 0.321 e. The number of carbonyl (C=O) groups is 1. The molecular formula is C21H20ClN3O3. The number of carbonyl (C=O) groups excluding carboxylic acids is 1. The van der Waals surface area contributed by atoms with Crippen molar-refractivity contribution in [1.82, 2.24) is 9.88 Å². The third kappa shape index (κ3) is 4.28. The van der Waals surface area contributed by atoms with Gasteiger partial charge in [0.2, 0.25) is 5.89 Å². The highest BCUT2D eigenvalue weighted by molar-refractivity contribution is 6.32. The zero-order valence-corrected chi connectivity index (χ0v) is 15.9. The average Bonchev–Trinajstić information content (AvgIpc) is 3.25. The van der Waals surface area contributed by atoms with Crippen LogP contribution >= 0.6 is 11.6 Å². The van der Waals surface area contributed by atoms with E-state index in [1.807, 2.05) is 48.5 Å². The number of benzene rings is 2. The summed E-state index contributed by atoms with van der Waals surface area (Å²) < 4.78 is 11.3. The molecule has 2 amide bonds. The molecule has 1 fully saturated rings. The molecule has 1 aliphatic heterocycles. The number of ether oxygens (including phenoxy) is 1. The third-order valence-electron chi connectivity index (χ3n) is 4.65. The van der Waals surface area contributed by atoms with Gasteiger partial charge in [-0.3, -0.25) is 0 Å². The SMILES string of the molecule is O=C(Nc1cccc(-c2ncco2)c1)N1CCC(Oc2ccccc2Cl)CC1. The Bertz CT molecular complexity index is 938. The maximum atomic E-state index is 12.6. The molecule has 1 N–H and O–H groups in total. The van der Waals surface area contributed by atoms with E-state index in [1.165, 1.54) is 6.26 Å². The number of urea groups is 1. The first-order valence-electron chi connectivity index (χ1n) is 9.16. The molecule has 0 unspecified atom stereocenters. The van der Waals surface area contributed by atoms with Crippen molar-refractivity contribution >= 4 is 23.3 Å². The average molecular weight is 398 g/mol.